The molecule has 17 heavy (non-hydrogen) atoms. The van der Waals surface area contributed by atoms with E-state index in [1.54, 1.807) is 24.4 Å². The first-order chi connectivity index (χ1) is 8.06. The molecule has 1 amide bonds. The van der Waals surface area contributed by atoms with E-state index in [4.69, 9.17) is 11.6 Å². The van der Waals surface area contributed by atoms with Crippen LogP contribution in [0.25, 0.3) is 0 Å². The predicted molar refractivity (Wildman–Crippen MR) is 69.6 cm³/mol. The van der Waals surface area contributed by atoms with Crippen molar-refractivity contribution in [3.05, 3.63) is 52.8 Å². The molecule has 88 valence electrons. The van der Waals surface area contributed by atoms with Crippen LogP contribution in [0.1, 0.15) is 15.9 Å². The summed E-state index contributed by atoms with van der Waals surface area (Å²) in [6, 6.07) is 7.16. The fourth-order valence-electron chi connectivity index (χ4n) is 1.60. The van der Waals surface area contributed by atoms with Gasteiger partial charge in [-0.25, -0.2) is 0 Å². The second-order valence-electron chi connectivity index (χ2n) is 3.98. The van der Waals surface area contributed by atoms with Gasteiger partial charge >= 0.3 is 0 Å². The third-order valence-corrected chi connectivity index (χ3v) is 2.77. The molecular formula is C13H13ClN2O. The number of anilines is 1. The molecule has 0 saturated heterocycles. The summed E-state index contributed by atoms with van der Waals surface area (Å²) in [5, 5.41) is 3.52. The third-order valence-electron chi connectivity index (χ3n) is 2.53. The van der Waals surface area contributed by atoms with Gasteiger partial charge in [-0.05, 0) is 36.8 Å². The van der Waals surface area contributed by atoms with Gasteiger partial charge < -0.3 is 9.88 Å². The van der Waals surface area contributed by atoms with Crippen LogP contribution in [0.4, 0.5) is 5.69 Å². The number of amides is 1. The van der Waals surface area contributed by atoms with Crippen molar-refractivity contribution in [2.24, 2.45) is 7.05 Å². The Bertz CT molecular complexity index is 560. The molecule has 1 aromatic carbocycles. The molecule has 4 heteroatoms. The lowest BCUT2D eigenvalue weighted by Crippen LogP contribution is -2.11. The Morgan fingerprint density at radius 3 is 2.71 bits per heavy atom. The van der Waals surface area contributed by atoms with Crippen molar-refractivity contribution in [3.63, 3.8) is 0 Å². The molecule has 2 rings (SSSR count). The van der Waals surface area contributed by atoms with E-state index in [1.807, 2.05) is 30.8 Å². The molecular weight excluding hydrogens is 236 g/mol. The summed E-state index contributed by atoms with van der Waals surface area (Å²) < 4.78 is 1.84. The Labute approximate surface area is 105 Å². The van der Waals surface area contributed by atoms with E-state index in [0.717, 1.165) is 11.3 Å². The molecule has 3 nitrogen and oxygen atoms in total. The average molecular weight is 249 g/mol. The maximum atomic E-state index is 11.9. The maximum absolute atomic E-state index is 11.9. The molecule has 2 aromatic rings. The van der Waals surface area contributed by atoms with Crippen LogP contribution in [-0.4, -0.2) is 10.5 Å². The van der Waals surface area contributed by atoms with Gasteiger partial charge in [0.15, 0.2) is 0 Å². The van der Waals surface area contributed by atoms with Gasteiger partial charge in [0.1, 0.15) is 0 Å². The topological polar surface area (TPSA) is 34.0 Å². The summed E-state index contributed by atoms with van der Waals surface area (Å²) in [4.78, 5) is 11.9. The molecule has 0 aliphatic carbocycles. The minimum Gasteiger partial charge on any atom is -0.356 e. The number of benzene rings is 1. The zero-order valence-corrected chi connectivity index (χ0v) is 10.5. The third kappa shape index (κ3) is 2.68. The Hall–Kier alpha value is -1.74. The van der Waals surface area contributed by atoms with Crippen LogP contribution in [0.15, 0.2) is 36.7 Å². The first-order valence-electron chi connectivity index (χ1n) is 5.26. The molecule has 1 aromatic heterocycles. The molecule has 0 bridgehead atoms. The lowest BCUT2D eigenvalue weighted by Gasteiger charge is -2.07. The SMILES string of the molecule is Cc1cc(Cl)ccc1NC(=O)c1ccn(C)c1. The fourth-order valence-corrected chi connectivity index (χ4v) is 1.83. The van der Waals surface area contributed by atoms with Crippen molar-refractivity contribution in [2.45, 2.75) is 6.92 Å². The van der Waals surface area contributed by atoms with Gasteiger partial charge in [-0.1, -0.05) is 11.6 Å². The zero-order chi connectivity index (χ0) is 12.4. The van der Waals surface area contributed by atoms with E-state index < -0.39 is 0 Å². The molecule has 0 aliphatic rings. The van der Waals surface area contributed by atoms with E-state index in [-0.39, 0.29) is 5.91 Å². The highest BCUT2D eigenvalue weighted by atomic mass is 35.5. The average Bonchev–Trinajstić information content (AvgIpc) is 2.69. The Kier molecular flexibility index (Phi) is 3.20. The number of aromatic nitrogens is 1. The molecule has 0 unspecified atom stereocenters. The van der Waals surface area contributed by atoms with E-state index in [0.29, 0.717) is 10.6 Å². The summed E-state index contributed by atoms with van der Waals surface area (Å²) in [5.41, 5.74) is 2.37. The monoisotopic (exact) mass is 248 g/mol. The first-order valence-corrected chi connectivity index (χ1v) is 5.63. The molecule has 1 N–H and O–H groups in total. The lowest BCUT2D eigenvalue weighted by molar-refractivity contribution is 0.102. The van der Waals surface area contributed by atoms with Crippen molar-refractivity contribution in [1.82, 2.24) is 4.57 Å². The van der Waals surface area contributed by atoms with Gasteiger partial charge in [-0.15, -0.1) is 0 Å². The van der Waals surface area contributed by atoms with Crippen molar-refractivity contribution < 1.29 is 4.79 Å². The van der Waals surface area contributed by atoms with Crippen LogP contribution in [0, 0.1) is 6.92 Å². The van der Waals surface area contributed by atoms with Gasteiger partial charge in [0, 0.05) is 30.2 Å². The Morgan fingerprint density at radius 1 is 1.35 bits per heavy atom. The van der Waals surface area contributed by atoms with E-state index in [1.165, 1.54) is 0 Å². The molecule has 1 heterocycles. The first kappa shape index (κ1) is 11.7. The second-order valence-corrected chi connectivity index (χ2v) is 4.42. The number of rotatable bonds is 2. The largest absolute Gasteiger partial charge is 0.356 e. The molecule has 0 atom stereocenters. The number of nitrogens with zero attached hydrogens (tertiary/aromatic N) is 1. The number of hydrogen-bond acceptors (Lipinski definition) is 1. The summed E-state index contributed by atoms with van der Waals surface area (Å²) in [6.45, 7) is 1.91. The number of nitrogens with one attached hydrogen (secondary N) is 1. The van der Waals surface area contributed by atoms with Crippen LogP contribution in [0.2, 0.25) is 5.02 Å². The van der Waals surface area contributed by atoms with Crippen molar-refractivity contribution in [3.8, 4) is 0 Å². The summed E-state index contributed by atoms with van der Waals surface area (Å²) in [6.07, 6.45) is 3.62. The summed E-state index contributed by atoms with van der Waals surface area (Å²) in [5.74, 6) is -0.115. The second kappa shape index (κ2) is 4.63. The quantitative estimate of drug-likeness (QED) is 0.870. The van der Waals surface area contributed by atoms with Crippen molar-refractivity contribution >= 4 is 23.2 Å². The lowest BCUT2D eigenvalue weighted by atomic mass is 10.2. The molecule has 0 aliphatic heterocycles. The number of hydrogen-bond donors (Lipinski definition) is 1. The van der Waals surface area contributed by atoms with E-state index in [9.17, 15) is 4.79 Å². The van der Waals surface area contributed by atoms with Crippen molar-refractivity contribution in [1.29, 1.82) is 0 Å². The molecule has 0 fully saturated rings. The van der Waals surface area contributed by atoms with Gasteiger partial charge in [-0.3, -0.25) is 4.79 Å². The standard InChI is InChI=1S/C13H13ClN2O/c1-9-7-11(14)3-4-12(9)15-13(17)10-5-6-16(2)8-10/h3-8H,1-2H3,(H,15,17). The predicted octanol–water partition coefficient (Wildman–Crippen LogP) is 3.24. The number of halogens is 1. The summed E-state index contributed by atoms with van der Waals surface area (Å²) in [7, 11) is 1.88. The van der Waals surface area contributed by atoms with Gasteiger partial charge in [-0.2, -0.15) is 0 Å². The van der Waals surface area contributed by atoms with Gasteiger partial charge in [0.25, 0.3) is 5.91 Å². The molecule has 0 saturated carbocycles. The Balaban J connectivity index is 2.18. The minimum absolute atomic E-state index is 0.115. The van der Waals surface area contributed by atoms with Crippen LogP contribution < -0.4 is 5.32 Å². The number of aryl methyl sites for hydroxylation is 2. The highest BCUT2D eigenvalue weighted by Crippen LogP contribution is 2.20. The minimum atomic E-state index is -0.115. The normalized spacial score (nSPS) is 10.3. The highest BCUT2D eigenvalue weighted by molar-refractivity contribution is 6.30. The zero-order valence-electron chi connectivity index (χ0n) is 9.70. The van der Waals surface area contributed by atoms with Gasteiger partial charge in [0.2, 0.25) is 0 Å². The van der Waals surface area contributed by atoms with Gasteiger partial charge in [0.05, 0.1) is 5.56 Å². The van der Waals surface area contributed by atoms with Crippen LogP contribution in [0.5, 0.6) is 0 Å². The van der Waals surface area contributed by atoms with Crippen LogP contribution >= 0.6 is 11.6 Å². The van der Waals surface area contributed by atoms with Crippen LogP contribution in [0.3, 0.4) is 0 Å². The summed E-state index contributed by atoms with van der Waals surface area (Å²) >= 11 is 5.86. The van der Waals surface area contributed by atoms with E-state index >= 15 is 0 Å². The molecule has 0 radical (unpaired) electrons. The highest BCUT2D eigenvalue weighted by Gasteiger charge is 2.08. The van der Waals surface area contributed by atoms with Crippen molar-refractivity contribution in [2.75, 3.05) is 5.32 Å². The smallest absolute Gasteiger partial charge is 0.257 e. The van der Waals surface area contributed by atoms with E-state index in [2.05, 4.69) is 5.32 Å². The van der Waals surface area contributed by atoms with Crippen LogP contribution in [-0.2, 0) is 7.05 Å². The number of carbonyl (C=O) groups excluding carboxylic acids is 1. The maximum Gasteiger partial charge on any atom is 0.257 e. The number of carbonyl (C=O) groups is 1. The Morgan fingerprint density at radius 2 is 2.12 bits per heavy atom. The molecule has 0 spiro atoms. The fraction of sp³-hybridized carbons (Fsp3) is 0.154.